The molecular formula is C17H17IN2O5. The first-order valence-corrected chi connectivity index (χ1v) is 8.44. The first kappa shape index (κ1) is 19.1. The van der Waals surface area contributed by atoms with Crippen LogP contribution in [0.2, 0.25) is 0 Å². The lowest BCUT2D eigenvalue weighted by Gasteiger charge is -2.22. The Balaban J connectivity index is 2.01. The van der Waals surface area contributed by atoms with Crippen molar-refractivity contribution >= 4 is 39.9 Å². The maximum Gasteiger partial charge on any atom is 0.272 e. The number of rotatable bonds is 6. The van der Waals surface area contributed by atoms with Gasteiger partial charge in [0.1, 0.15) is 12.4 Å². The Labute approximate surface area is 158 Å². The van der Waals surface area contributed by atoms with Gasteiger partial charge in [0.15, 0.2) is 5.60 Å². The molecule has 0 bridgehead atoms. The molecule has 1 atom stereocenters. The maximum absolute atomic E-state index is 12.3. The fourth-order valence-corrected chi connectivity index (χ4v) is 2.38. The summed E-state index contributed by atoms with van der Waals surface area (Å²) in [6, 6.07) is 11.4. The summed E-state index contributed by atoms with van der Waals surface area (Å²) in [5, 5.41) is 23.7. The molecule has 0 saturated carbocycles. The van der Waals surface area contributed by atoms with E-state index in [1.165, 1.54) is 25.1 Å². The Morgan fingerprint density at radius 1 is 1.32 bits per heavy atom. The molecule has 0 aliphatic rings. The molecule has 2 N–H and O–H groups in total. The third kappa shape index (κ3) is 5.13. The van der Waals surface area contributed by atoms with Crippen molar-refractivity contribution in [2.45, 2.75) is 19.4 Å². The minimum absolute atomic E-state index is 0.0354. The van der Waals surface area contributed by atoms with Crippen molar-refractivity contribution in [1.82, 2.24) is 0 Å². The number of ether oxygens (including phenoxy) is 1. The molecule has 0 aromatic heterocycles. The monoisotopic (exact) mass is 456 g/mol. The summed E-state index contributed by atoms with van der Waals surface area (Å²) in [5.74, 6) is -0.120. The number of carbonyl (C=O) groups is 1. The van der Waals surface area contributed by atoms with Crippen molar-refractivity contribution in [3.8, 4) is 5.75 Å². The predicted molar refractivity (Wildman–Crippen MR) is 102 cm³/mol. The number of aliphatic hydroxyl groups is 1. The molecule has 2 rings (SSSR count). The largest absolute Gasteiger partial charge is 0.490 e. The van der Waals surface area contributed by atoms with Crippen molar-refractivity contribution in [3.05, 3.63) is 61.7 Å². The summed E-state index contributed by atoms with van der Waals surface area (Å²) in [5.41, 5.74) is -1.02. The van der Waals surface area contributed by atoms with E-state index in [4.69, 9.17) is 4.74 Å². The molecular weight excluding hydrogens is 439 g/mol. The number of carbonyl (C=O) groups excluding carboxylic acids is 1. The topological polar surface area (TPSA) is 102 Å². The molecule has 0 heterocycles. The van der Waals surface area contributed by atoms with E-state index in [-0.39, 0.29) is 12.3 Å². The number of anilines is 1. The van der Waals surface area contributed by atoms with Crippen LogP contribution in [0.15, 0.2) is 42.5 Å². The Bertz CT molecular complexity index is 790. The lowest BCUT2D eigenvalue weighted by molar-refractivity contribution is -0.385. The molecule has 0 spiro atoms. The quantitative estimate of drug-likeness (QED) is 0.395. The highest BCUT2D eigenvalue weighted by molar-refractivity contribution is 14.1. The summed E-state index contributed by atoms with van der Waals surface area (Å²) in [6.45, 7) is 2.69. The Kier molecular flexibility index (Phi) is 5.96. The fourth-order valence-electron chi connectivity index (χ4n) is 2.02. The van der Waals surface area contributed by atoms with E-state index in [2.05, 4.69) is 27.9 Å². The standard InChI is InChI=1S/C17H17IN2O5/c1-11-9-13(5-8-15(11)20(23)24)19-16(21)17(2,22)10-25-14-6-3-12(18)4-7-14/h3-9,22H,10H2,1-2H3,(H,19,21). The van der Waals surface area contributed by atoms with Crippen LogP contribution < -0.4 is 10.1 Å². The number of nitro benzene ring substituents is 1. The van der Waals surface area contributed by atoms with Gasteiger partial charge in [-0.1, -0.05) is 0 Å². The van der Waals surface area contributed by atoms with Crippen LogP contribution in [-0.4, -0.2) is 28.1 Å². The molecule has 8 heteroatoms. The number of nitro groups is 1. The zero-order valence-electron chi connectivity index (χ0n) is 13.7. The van der Waals surface area contributed by atoms with E-state index < -0.39 is 16.4 Å². The van der Waals surface area contributed by atoms with E-state index in [0.29, 0.717) is 17.0 Å². The van der Waals surface area contributed by atoms with Crippen LogP contribution in [0, 0.1) is 20.6 Å². The molecule has 25 heavy (non-hydrogen) atoms. The third-order valence-electron chi connectivity index (χ3n) is 3.47. The number of aryl methyl sites for hydroxylation is 1. The van der Waals surface area contributed by atoms with Gasteiger partial charge in [0, 0.05) is 20.9 Å². The van der Waals surface area contributed by atoms with E-state index in [0.717, 1.165) is 3.57 Å². The molecule has 0 radical (unpaired) electrons. The summed E-state index contributed by atoms with van der Waals surface area (Å²) >= 11 is 2.16. The zero-order chi connectivity index (χ0) is 18.6. The Morgan fingerprint density at radius 2 is 1.96 bits per heavy atom. The van der Waals surface area contributed by atoms with E-state index in [1.54, 1.807) is 19.1 Å². The summed E-state index contributed by atoms with van der Waals surface area (Å²) in [7, 11) is 0. The summed E-state index contributed by atoms with van der Waals surface area (Å²) < 4.78 is 6.50. The van der Waals surface area contributed by atoms with E-state index in [1.807, 2.05) is 12.1 Å². The highest BCUT2D eigenvalue weighted by Gasteiger charge is 2.31. The van der Waals surface area contributed by atoms with Crippen molar-refractivity contribution < 1.29 is 19.6 Å². The van der Waals surface area contributed by atoms with Crippen LogP contribution in [0.25, 0.3) is 0 Å². The number of benzene rings is 2. The van der Waals surface area contributed by atoms with Gasteiger partial charge in [-0.2, -0.15) is 0 Å². The maximum atomic E-state index is 12.3. The number of nitrogens with zero attached hydrogens (tertiary/aromatic N) is 1. The average molecular weight is 456 g/mol. The lowest BCUT2D eigenvalue weighted by Crippen LogP contribution is -2.45. The first-order valence-electron chi connectivity index (χ1n) is 7.36. The normalized spacial score (nSPS) is 13.0. The smallest absolute Gasteiger partial charge is 0.272 e. The molecule has 7 nitrogen and oxygen atoms in total. The van der Waals surface area contributed by atoms with E-state index in [9.17, 15) is 20.0 Å². The molecule has 132 valence electrons. The van der Waals surface area contributed by atoms with Gasteiger partial charge in [0.25, 0.3) is 11.6 Å². The van der Waals surface area contributed by atoms with Gasteiger partial charge in [-0.15, -0.1) is 0 Å². The number of hydrogen-bond donors (Lipinski definition) is 2. The molecule has 2 aromatic carbocycles. The number of halogens is 1. The molecule has 1 unspecified atom stereocenters. The van der Waals surface area contributed by atoms with Gasteiger partial charge in [0.2, 0.25) is 0 Å². The van der Waals surface area contributed by atoms with Gasteiger partial charge in [-0.25, -0.2) is 0 Å². The molecule has 0 aliphatic carbocycles. The molecule has 2 aromatic rings. The van der Waals surface area contributed by atoms with Crippen molar-refractivity contribution in [1.29, 1.82) is 0 Å². The van der Waals surface area contributed by atoms with Crippen LogP contribution in [0.1, 0.15) is 12.5 Å². The van der Waals surface area contributed by atoms with Gasteiger partial charge < -0.3 is 15.2 Å². The minimum Gasteiger partial charge on any atom is -0.490 e. The summed E-state index contributed by atoms with van der Waals surface area (Å²) in [4.78, 5) is 22.6. The average Bonchev–Trinajstić information content (AvgIpc) is 2.54. The van der Waals surface area contributed by atoms with Crippen LogP contribution >= 0.6 is 22.6 Å². The van der Waals surface area contributed by atoms with Gasteiger partial charge in [0.05, 0.1) is 4.92 Å². The molecule has 0 aliphatic heterocycles. The lowest BCUT2D eigenvalue weighted by atomic mass is 10.1. The number of nitrogens with one attached hydrogen (secondary N) is 1. The Hall–Kier alpha value is -2.20. The van der Waals surface area contributed by atoms with Crippen molar-refractivity contribution in [2.75, 3.05) is 11.9 Å². The fraction of sp³-hybridized carbons (Fsp3) is 0.235. The van der Waals surface area contributed by atoms with Gasteiger partial charge in [-0.3, -0.25) is 14.9 Å². The van der Waals surface area contributed by atoms with Crippen molar-refractivity contribution in [3.63, 3.8) is 0 Å². The van der Waals surface area contributed by atoms with Crippen LogP contribution in [0.4, 0.5) is 11.4 Å². The molecule has 1 amide bonds. The molecule has 0 fully saturated rings. The van der Waals surface area contributed by atoms with Gasteiger partial charge in [-0.05, 0) is 72.8 Å². The number of hydrogen-bond acceptors (Lipinski definition) is 5. The number of amides is 1. The predicted octanol–water partition coefficient (Wildman–Crippen LogP) is 3.28. The highest BCUT2D eigenvalue weighted by Crippen LogP contribution is 2.22. The second-order valence-corrected chi connectivity index (χ2v) is 6.97. The van der Waals surface area contributed by atoms with Crippen LogP contribution in [0.5, 0.6) is 5.75 Å². The van der Waals surface area contributed by atoms with Crippen LogP contribution in [-0.2, 0) is 4.79 Å². The summed E-state index contributed by atoms with van der Waals surface area (Å²) in [6.07, 6.45) is 0. The third-order valence-corrected chi connectivity index (χ3v) is 4.19. The Morgan fingerprint density at radius 3 is 2.52 bits per heavy atom. The highest BCUT2D eigenvalue weighted by atomic mass is 127. The van der Waals surface area contributed by atoms with Crippen LogP contribution in [0.3, 0.4) is 0 Å². The second-order valence-electron chi connectivity index (χ2n) is 5.73. The zero-order valence-corrected chi connectivity index (χ0v) is 15.8. The van der Waals surface area contributed by atoms with Gasteiger partial charge >= 0.3 is 0 Å². The van der Waals surface area contributed by atoms with E-state index >= 15 is 0 Å². The van der Waals surface area contributed by atoms with Crippen molar-refractivity contribution in [2.24, 2.45) is 0 Å². The first-order chi connectivity index (χ1) is 11.7. The SMILES string of the molecule is Cc1cc(NC(=O)C(C)(O)COc2ccc(I)cc2)ccc1[N+](=O)[O-]. The molecule has 0 saturated heterocycles. The minimum atomic E-state index is -1.77. The second kappa shape index (κ2) is 7.79.